The molecule has 3 rings (SSSR count). The van der Waals surface area contributed by atoms with Crippen molar-refractivity contribution in [3.63, 3.8) is 0 Å². The molecule has 2 aromatic carbocycles. The molecule has 0 radical (unpaired) electrons. The number of nitrogens with zero attached hydrogens (tertiary/aromatic N) is 3. The van der Waals surface area contributed by atoms with E-state index in [-0.39, 0.29) is 23.5 Å². The van der Waals surface area contributed by atoms with Gasteiger partial charge in [-0.1, -0.05) is 18.2 Å². The minimum absolute atomic E-state index is 0.0554. The second-order valence-electron chi connectivity index (χ2n) is 6.37. The highest BCUT2D eigenvalue weighted by Crippen LogP contribution is 2.18. The van der Waals surface area contributed by atoms with Gasteiger partial charge in [0.05, 0.1) is 35.5 Å². The van der Waals surface area contributed by atoms with Crippen LogP contribution in [-0.2, 0) is 14.8 Å². The normalized spacial score (nSPS) is 15.5. The quantitative estimate of drug-likeness (QED) is 0.594. The van der Waals surface area contributed by atoms with E-state index in [9.17, 15) is 13.2 Å². The topological polar surface area (TPSA) is 112 Å². The molecule has 8 nitrogen and oxygen atoms in total. The molecule has 1 saturated heterocycles. The Labute approximate surface area is 169 Å². The Morgan fingerprint density at radius 3 is 2.48 bits per heavy atom. The monoisotopic (exact) mass is 412 g/mol. The molecule has 29 heavy (non-hydrogen) atoms. The summed E-state index contributed by atoms with van der Waals surface area (Å²) in [7, 11) is -3.69. The van der Waals surface area contributed by atoms with E-state index in [1.165, 1.54) is 28.6 Å². The number of sulfonamides is 1. The summed E-state index contributed by atoms with van der Waals surface area (Å²) < 4.78 is 32.1. The van der Waals surface area contributed by atoms with Gasteiger partial charge in [0.2, 0.25) is 10.0 Å². The van der Waals surface area contributed by atoms with Gasteiger partial charge in [0.15, 0.2) is 0 Å². The smallest absolute Gasteiger partial charge is 0.271 e. The lowest BCUT2D eigenvalue weighted by molar-refractivity contribution is 0.0730. The molecule has 0 aromatic heterocycles. The van der Waals surface area contributed by atoms with Gasteiger partial charge in [-0.2, -0.15) is 14.7 Å². The van der Waals surface area contributed by atoms with Gasteiger partial charge < -0.3 is 4.74 Å². The summed E-state index contributed by atoms with van der Waals surface area (Å²) in [6, 6.07) is 14.7. The maximum absolute atomic E-state index is 12.8. The number of hydrazone groups is 1. The van der Waals surface area contributed by atoms with Crippen molar-refractivity contribution in [1.29, 1.82) is 5.26 Å². The third kappa shape index (κ3) is 4.86. The van der Waals surface area contributed by atoms with Crippen LogP contribution in [0.2, 0.25) is 0 Å². The maximum Gasteiger partial charge on any atom is 0.271 e. The summed E-state index contributed by atoms with van der Waals surface area (Å²) in [6.45, 7) is 2.99. The summed E-state index contributed by atoms with van der Waals surface area (Å²) in [6.07, 6.45) is 0. The van der Waals surface area contributed by atoms with E-state index in [1.807, 2.05) is 6.07 Å². The average molecular weight is 412 g/mol. The van der Waals surface area contributed by atoms with Gasteiger partial charge in [-0.15, -0.1) is 0 Å². The lowest BCUT2D eigenvalue weighted by atomic mass is 10.1. The van der Waals surface area contributed by atoms with Gasteiger partial charge >= 0.3 is 0 Å². The molecule has 0 unspecified atom stereocenters. The number of nitriles is 1. The van der Waals surface area contributed by atoms with Crippen LogP contribution in [0.3, 0.4) is 0 Å². The third-order valence-corrected chi connectivity index (χ3v) is 6.36. The van der Waals surface area contributed by atoms with E-state index in [0.29, 0.717) is 24.5 Å². The first-order valence-electron chi connectivity index (χ1n) is 8.95. The first-order chi connectivity index (χ1) is 13.9. The van der Waals surface area contributed by atoms with Crippen molar-refractivity contribution in [2.75, 3.05) is 26.3 Å². The van der Waals surface area contributed by atoms with Gasteiger partial charge in [0.25, 0.3) is 5.91 Å². The molecule has 150 valence electrons. The van der Waals surface area contributed by atoms with Crippen molar-refractivity contribution in [1.82, 2.24) is 9.73 Å². The van der Waals surface area contributed by atoms with Crippen LogP contribution in [-0.4, -0.2) is 50.6 Å². The maximum atomic E-state index is 12.8. The first-order valence-corrected chi connectivity index (χ1v) is 10.4. The van der Waals surface area contributed by atoms with Crippen LogP contribution in [0.1, 0.15) is 28.4 Å². The highest BCUT2D eigenvalue weighted by atomic mass is 32.2. The van der Waals surface area contributed by atoms with Gasteiger partial charge in [0.1, 0.15) is 0 Å². The molecular weight excluding hydrogens is 392 g/mol. The molecule has 0 saturated carbocycles. The number of rotatable bonds is 5. The Hall–Kier alpha value is -3.06. The largest absolute Gasteiger partial charge is 0.379 e. The highest BCUT2D eigenvalue weighted by Gasteiger charge is 2.26. The minimum Gasteiger partial charge on any atom is -0.379 e. The number of benzene rings is 2. The predicted octanol–water partition coefficient (Wildman–Crippen LogP) is 1.73. The number of carbonyl (C=O) groups is 1. The van der Waals surface area contributed by atoms with E-state index < -0.39 is 15.9 Å². The van der Waals surface area contributed by atoms with Crippen LogP contribution < -0.4 is 5.43 Å². The van der Waals surface area contributed by atoms with Crippen LogP contribution in [0, 0.1) is 11.3 Å². The number of ether oxygens (including phenoxy) is 1. The van der Waals surface area contributed by atoms with Crippen LogP contribution in [0.4, 0.5) is 0 Å². The van der Waals surface area contributed by atoms with E-state index in [4.69, 9.17) is 10.00 Å². The zero-order valence-corrected chi connectivity index (χ0v) is 16.6. The average Bonchev–Trinajstić information content (AvgIpc) is 2.78. The molecule has 1 N–H and O–H groups in total. The van der Waals surface area contributed by atoms with Crippen molar-refractivity contribution in [2.45, 2.75) is 11.8 Å². The molecule has 0 bridgehead atoms. The van der Waals surface area contributed by atoms with Crippen molar-refractivity contribution in [2.24, 2.45) is 5.10 Å². The molecule has 1 aliphatic rings. The summed E-state index contributed by atoms with van der Waals surface area (Å²) in [4.78, 5) is 12.5. The number of nitrogens with one attached hydrogen (secondary N) is 1. The fraction of sp³-hybridized carbons (Fsp3) is 0.250. The van der Waals surface area contributed by atoms with Gasteiger partial charge in [0, 0.05) is 18.7 Å². The molecule has 9 heteroatoms. The lowest BCUT2D eigenvalue weighted by Crippen LogP contribution is -2.40. The number of carbonyl (C=O) groups excluding carboxylic acids is 1. The number of morpholine rings is 1. The third-order valence-electron chi connectivity index (χ3n) is 4.46. The Bertz CT molecular complexity index is 1070. The molecule has 2 aromatic rings. The zero-order chi connectivity index (χ0) is 20.9. The summed E-state index contributed by atoms with van der Waals surface area (Å²) in [5, 5.41) is 12.9. The van der Waals surface area contributed by atoms with Crippen LogP contribution in [0.15, 0.2) is 58.5 Å². The van der Waals surface area contributed by atoms with E-state index >= 15 is 0 Å². The number of amides is 1. The molecule has 1 heterocycles. The van der Waals surface area contributed by atoms with Gasteiger partial charge in [-0.05, 0) is 42.8 Å². The van der Waals surface area contributed by atoms with Crippen molar-refractivity contribution in [3.05, 3.63) is 65.2 Å². The van der Waals surface area contributed by atoms with E-state index in [2.05, 4.69) is 10.5 Å². The molecule has 0 aliphatic carbocycles. The second kappa shape index (κ2) is 8.96. The standard InChI is InChI=1S/C20H20N4O4S/c1-15(17-7-5-16(14-21)6-8-17)22-23-20(25)18-3-2-4-19(13-18)29(26,27)24-9-11-28-12-10-24/h2-8,13H,9-12H2,1H3,(H,23,25)/b22-15-. The fourth-order valence-electron chi connectivity index (χ4n) is 2.78. The Balaban J connectivity index is 1.74. The molecule has 1 amide bonds. The van der Waals surface area contributed by atoms with Crippen molar-refractivity contribution < 1.29 is 17.9 Å². The highest BCUT2D eigenvalue weighted by molar-refractivity contribution is 7.89. The Morgan fingerprint density at radius 1 is 1.14 bits per heavy atom. The lowest BCUT2D eigenvalue weighted by Gasteiger charge is -2.26. The van der Waals surface area contributed by atoms with Crippen LogP contribution in [0.25, 0.3) is 0 Å². The van der Waals surface area contributed by atoms with E-state index in [1.54, 1.807) is 31.2 Å². The summed E-state index contributed by atoms with van der Waals surface area (Å²) in [5.74, 6) is -0.517. The first kappa shape index (κ1) is 20.7. The van der Waals surface area contributed by atoms with Crippen molar-refractivity contribution >= 4 is 21.6 Å². The number of hydrogen-bond donors (Lipinski definition) is 1. The Kier molecular flexibility index (Phi) is 6.39. The molecular formula is C20H20N4O4S. The minimum atomic E-state index is -3.69. The SMILES string of the molecule is C/C(=N/NC(=O)c1cccc(S(=O)(=O)N2CCOCC2)c1)c1ccc(C#N)cc1. The molecule has 0 atom stereocenters. The zero-order valence-electron chi connectivity index (χ0n) is 15.8. The Morgan fingerprint density at radius 2 is 1.83 bits per heavy atom. The predicted molar refractivity (Wildman–Crippen MR) is 107 cm³/mol. The second-order valence-corrected chi connectivity index (χ2v) is 8.31. The number of hydrogen-bond acceptors (Lipinski definition) is 6. The fourth-order valence-corrected chi connectivity index (χ4v) is 4.24. The van der Waals surface area contributed by atoms with Gasteiger partial charge in [-0.3, -0.25) is 4.79 Å². The molecule has 0 spiro atoms. The summed E-state index contributed by atoms with van der Waals surface area (Å²) in [5.41, 5.74) is 4.47. The van der Waals surface area contributed by atoms with Crippen molar-refractivity contribution in [3.8, 4) is 6.07 Å². The molecule has 1 fully saturated rings. The van der Waals surface area contributed by atoms with Gasteiger partial charge in [-0.25, -0.2) is 13.8 Å². The van der Waals surface area contributed by atoms with Crippen LogP contribution in [0.5, 0.6) is 0 Å². The summed E-state index contributed by atoms with van der Waals surface area (Å²) >= 11 is 0. The van der Waals surface area contributed by atoms with E-state index in [0.717, 1.165) is 5.56 Å². The molecule has 1 aliphatic heterocycles. The van der Waals surface area contributed by atoms with Crippen LogP contribution >= 0.6 is 0 Å².